The number of aliphatic hydroxyl groups is 1. The summed E-state index contributed by atoms with van der Waals surface area (Å²) in [5.41, 5.74) is 1.10. The maximum atomic E-state index is 12.2. The van der Waals surface area contributed by atoms with E-state index in [9.17, 15) is 9.18 Å². The molecule has 1 fully saturated rings. The highest BCUT2D eigenvalue weighted by molar-refractivity contribution is 5.75. The van der Waals surface area contributed by atoms with E-state index in [1.54, 1.807) is 25.3 Å². The van der Waals surface area contributed by atoms with Crippen LogP contribution in [-0.2, 0) is 0 Å². The molecule has 1 heterocycles. The first-order chi connectivity index (χ1) is 13.5. The number of benzene rings is 2. The predicted molar refractivity (Wildman–Crippen MR) is 108 cm³/mol. The van der Waals surface area contributed by atoms with Crippen LogP contribution in [-0.4, -0.2) is 42.3 Å². The molecule has 0 aliphatic carbocycles. The topological polar surface area (TPSA) is 61.8 Å². The Balaban J connectivity index is 0.000000336. The average molecular weight is 388 g/mol. The Morgan fingerprint density at radius 1 is 1.21 bits per heavy atom. The number of nitrogens with one attached hydrogen (secondary N) is 1. The Labute approximate surface area is 166 Å². The van der Waals surface area contributed by atoms with Gasteiger partial charge in [-0.05, 0) is 56.0 Å². The Morgan fingerprint density at radius 3 is 2.39 bits per heavy atom. The highest BCUT2D eigenvalue weighted by atomic mass is 19.1. The standard InChI is InChI=1S/C16H24N2O3.C6H5F/c1-12(13-5-7-15(21-2)8-6-13)18-10-9-14(4-3-11-19)17-16(18)20;7-6-4-2-1-3-5-6/h5-8,12,14,19H,3-4,9-11H2,1-2H3,(H,17,20);1-5H. The molecular weight excluding hydrogens is 359 g/mol. The van der Waals surface area contributed by atoms with Gasteiger partial charge in [0.25, 0.3) is 0 Å². The van der Waals surface area contributed by atoms with Crippen LogP contribution in [0.25, 0.3) is 0 Å². The van der Waals surface area contributed by atoms with E-state index < -0.39 is 0 Å². The lowest BCUT2D eigenvalue weighted by atomic mass is 10.0. The molecule has 28 heavy (non-hydrogen) atoms. The molecule has 0 bridgehead atoms. The fourth-order valence-electron chi connectivity index (χ4n) is 3.13. The van der Waals surface area contributed by atoms with Crippen molar-refractivity contribution >= 4 is 6.03 Å². The highest BCUT2D eigenvalue weighted by Crippen LogP contribution is 2.25. The van der Waals surface area contributed by atoms with Crippen LogP contribution < -0.4 is 10.1 Å². The number of methoxy groups -OCH3 is 1. The second kappa shape index (κ2) is 11.3. The zero-order chi connectivity index (χ0) is 20.4. The summed E-state index contributed by atoms with van der Waals surface area (Å²) in [6.45, 7) is 2.96. The van der Waals surface area contributed by atoms with Gasteiger partial charge in [0.15, 0.2) is 0 Å². The third kappa shape index (κ3) is 6.53. The molecule has 2 aromatic rings. The van der Waals surface area contributed by atoms with E-state index in [2.05, 4.69) is 5.32 Å². The summed E-state index contributed by atoms with van der Waals surface area (Å²) in [5.74, 6) is 0.639. The highest BCUT2D eigenvalue weighted by Gasteiger charge is 2.28. The number of carbonyl (C=O) groups is 1. The molecule has 2 amide bonds. The van der Waals surface area contributed by atoms with Gasteiger partial charge in [-0.1, -0.05) is 30.3 Å². The number of carbonyl (C=O) groups excluding carboxylic acids is 1. The Bertz CT molecular complexity index is 709. The van der Waals surface area contributed by atoms with Crippen molar-refractivity contribution in [1.29, 1.82) is 0 Å². The van der Waals surface area contributed by atoms with Crippen molar-refractivity contribution < 1.29 is 19.0 Å². The molecule has 1 saturated heterocycles. The minimum absolute atomic E-state index is 0.0208. The zero-order valence-electron chi connectivity index (χ0n) is 16.5. The summed E-state index contributed by atoms with van der Waals surface area (Å²) in [6, 6.07) is 16.0. The maximum absolute atomic E-state index is 12.2. The van der Waals surface area contributed by atoms with E-state index >= 15 is 0 Å². The van der Waals surface area contributed by atoms with Crippen molar-refractivity contribution in [1.82, 2.24) is 10.2 Å². The Kier molecular flexibility index (Phi) is 8.75. The van der Waals surface area contributed by atoms with Crippen LogP contribution in [0.2, 0.25) is 0 Å². The lowest BCUT2D eigenvalue weighted by Crippen LogP contribution is -2.52. The second-order valence-corrected chi connectivity index (χ2v) is 6.74. The number of nitrogens with zero attached hydrogens (tertiary/aromatic N) is 1. The first-order valence-corrected chi connectivity index (χ1v) is 9.57. The van der Waals surface area contributed by atoms with E-state index in [4.69, 9.17) is 9.84 Å². The first-order valence-electron chi connectivity index (χ1n) is 9.57. The van der Waals surface area contributed by atoms with Crippen molar-refractivity contribution in [2.45, 2.75) is 38.3 Å². The number of aliphatic hydroxyl groups excluding tert-OH is 1. The normalized spacial score (nSPS) is 17.2. The molecule has 2 atom stereocenters. The summed E-state index contributed by atoms with van der Waals surface area (Å²) in [5, 5.41) is 11.9. The molecule has 0 aromatic heterocycles. The molecule has 152 valence electrons. The van der Waals surface area contributed by atoms with Gasteiger partial charge in [0.05, 0.1) is 13.2 Å². The molecule has 3 rings (SSSR count). The summed E-state index contributed by atoms with van der Waals surface area (Å²) >= 11 is 0. The number of hydrogen-bond acceptors (Lipinski definition) is 3. The van der Waals surface area contributed by atoms with Gasteiger partial charge in [-0.25, -0.2) is 9.18 Å². The molecule has 1 aliphatic heterocycles. The summed E-state index contributed by atoms with van der Waals surface area (Å²) in [6.07, 6.45) is 2.50. The average Bonchev–Trinajstić information content (AvgIpc) is 2.73. The minimum atomic E-state index is -0.178. The SMILES string of the molecule is COc1ccc(C(C)N2CCC(CCCO)NC2=O)cc1.Fc1ccccc1. The number of ether oxygens (including phenoxy) is 1. The van der Waals surface area contributed by atoms with Crippen molar-refractivity contribution in [2.24, 2.45) is 0 Å². The molecule has 0 spiro atoms. The predicted octanol–water partition coefficient (Wildman–Crippen LogP) is 4.14. The van der Waals surface area contributed by atoms with Gasteiger partial charge < -0.3 is 20.1 Å². The quantitative estimate of drug-likeness (QED) is 0.782. The first kappa shape index (κ1) is 21.7. The maximum Gasteiger partial charge on any atom is 0.318 e. The monoisotopic (exact) mass is 388 g/mol. The molecule has 2 aromatic carbocycles. The van der Waals surface area contributed by atoms with Crippen molar-refractivity contribution in [2.75, 3.05) is 20.3 Å². The molecule has 2 unspecified atom stereocenters. The fourth-order valence-corrected chi connectivity index (χ4v) is 3.13. The minimum Gasteiger partial charge on any atom is -0.497 e. The third-order valence-corrected chi connectivity index (χ3v) is 4.82. The number of rotatable bonds is 6. The van der Waals surface area contributed by atoms with Crippen LogP contribution in [0.1, 0.15) is 37.8 Å². The van der Waals surface area contributed by atoms with Gasteiger partial charge in [0.2, 0.25) is 0 Å². The van der Waals surface area contributed by atoms with Gasteiger partial charge >= 0.3 is 6.03 Å². The number of amides is 2. The van der Waals surface area contributed by atoms with E-state index in [0.717, 1.165) is 37.1 Å². The van der Waals surface area contributed by atoms with E-state index in [1.165, 1.54) is 12.1 Å². The van der Waals surface area contributed by atoms with Crippen LogP contribution >= 0.6 is 0 Å². The lowest BCUT2D eigenvalue weighted by Gasteiger charge is -2.37. The smallest absolute Gasteiger partial charge is 0.318 e. The molecule has 2 N–H and O–H groups in total. The van der Waals surface area contributed by atoms with Gasteiger partial charge in [-0.15, -0.1) is 0 Å². The van der Waals surface area contributed by atoms with Crippen LogP contribution in [0, 0.1) is 5.82 Å². The van der Waals surface area contributed by atoms with Gasteiger partial charge in [-0.3, -0.25) is 0 Å². The van der Waals surface area contributed by atoms with E-state index in [0.29, 0.717) is 0 Å². The molecule has 6 heteroatoms. The van der Waals surface area contributed by atoms with Crippen LogP contribution in [0.4, 0.5) is 9.18 Å². The van der Waals surface area contributed by atoms with Crippen LogP contribution in [0.3, 0.4) is 0 Å². The number of urea groups is 1. The third-order valence-electron chi connectivity index (χ3n) is 4.82. The van der Waals surface area contributed by atoms with E-state index in [1.807, 2.05) is 36.1 Å². The van der Waals surface area contributed by atoms with Crippen molar-refractivity contribution in [3.8, 4) is 5.75 Å². The number of halogens is 1. The van der Waals surface area contributed by atoms with Crippen LogP contribution in [0.5, 0.6) is 5.75 Å². The molecule has 0 saturated carbocycles. The summed E-state index contributed by atoms with van der Waals surface area (Å²) in [7, 11) is 1.64. The molecular formula is C22H29FN2O3. The number of hydrogen-bond donors (Lipinski definition) is 2. The largest absolute Gasteiger partial charge is 0.497 e. The van der Waals surface area contributed by atoms with Crippen LogP contribution in [0.15, 0.2) is 54.6 Å². The lowest BCUT2D eigenvalue weighted by molar-refractivity contribution is 0.150. The zero-order valence-corrected chi connectivity index (χ0v) is 16.5. The van der Waals surface area contributed by atoms with Gasteiger partial charge in [0, 0.05) is 19.2 Å². The van der Waals surface area contributed by atoms with Gasteiger partial charge in [-0.2, -0.15) is 0 Å². The van der Waals surface area contributed by atoms with Gasteiger partial charge in [0.1, 0.15) is 11.6 Å². The summed E-state index contributed by atoms with van der Waals surface area (Å²) in [4.78, 5) is 14.1. The molecule has 5 nitrogen and oxygen atoms in total. The molecule has 1 aliphatic rings. The van der Waals surface area contributed by atoms with Crippen molar-refractivity contribution in [3.63, 3.8) is 0 Å². The molecule has 0 radical (unpaired) electrons. The second-order valence-electron chi connectivity index (χ2n) is 6.74. The Hall–Kier alpha value is -2.60. The Morgan fingerprint density at radius 2 is 1.89 bits per heavy atom. The van der Waals surface area contributed by atoms with Crippen molar-refractivity contribution in [3.05, 3.63) is 66.0 Å². The fraction of sp³-hybridized carbons (Fsp3) is 0.409. The van der Waals surface area contributed by atoms with E-state index in [-0.39, 0.29) is 30.5 Å². The summed E-state index contributed by atoms with van der Waals surface area (Å²) < 4.78 is 17.1.